The SMILES string of the molecule is O=C(Cn1ccc2c(Cl)cccc21)N1CCSCC1. The zero-order chi connectivity index (χ0) is 13.2. The molecular formula is C14H15ClN2OS. The van der Waals surface area contributed by atoms with Crippen LogP contribution in [0.5, 0.6) is 0 Å². The molecule has 0 N–H and O–H groups in total. The average Bonchev–Trinajstić information content (AvgIpc) is 2.84. The average molecular weight is 295 g/mol. The normalized spacial score (nSPS) is 15.9. The number of fused-ring (bicyclic) bond motifs is 1. The summed E-state index contributed by atoms with van der Waals surface area (Å²) in [5.74, 6) is 2.28. The highest BCUT2D eigenvalue weighted by atomic mass is 35.5. The number of hydrogen-bond donors (Lipinski definition) is 0. The summed E-state index contributed by atoms with van der Waals surface area (Å²) in [5.41, 5.74) is 1.02. The van der Waals surface area contributed by atoms with Crippen LogP contribution in [0.25, 0.3) is 10.9 Å². The number of amides is 1. The van der Waals surface area contributed by atoms with E-state index in [-0.39, 0.29) is 5.91 Å². The van der Waals surface area contributed by atoms with Crippen LogP contribution in [0.15, 0.2) is 30.5 Å². The predicted molar refractivity (Wildman–Crippen MR) is 80.9 cm³/mol. The van der Waals surface area contributed by atoms with Crippen LogP contribution in [0.4, 0.5) is 0 Å². The highest BCUT2D eigenvalue weighted by molar-refractivity contribution is 7.99. The van der Waals surface area contributed by atoms with Crippen LogP contribution in [-0.2, 0) is 11.3 Å². The maximum atomic E-state index is 12.3. The highest BCUT2D eigenvalue weighted by Crippen LogP contribution is 2.24. The first-order valence-electron chi connectivity index (χ1n) is 6.34. The Morgan fingerprint density at radius 1 is 1.26 bits per heavy atom. The first-order valence-corrected chi connectivity index (χ1v) is 7.88. The number of halogens is 1. The minimum atomic E-state index is 0.192. The van der Waals surface area contributed by atoms with E-state index in [9.17, 15) is 4.79 Å². The third-order valence-electron chi connectivity index (χ3n) is 3.43. The Labute approximate surface area is 121 Å². The molecule has 2 heterocycles. The van der Waals surface area contributed by atoms with Crippen LogP contribution >= 0.6 is 23.4 Å². The molecule has 2 aromatic rings. The van der Waals surface area contributed by atoms with E-state index in [2.05, 4.69) is 0 Å². The van der Waals surface area contributed by atoms with Crippen molar-refractivity contribution in [2.75, 3.05) is 24.6 Å². The van der Waals surface area contributed by atoms with Gasteiger partial charge in [-0.05, 0) is 18.2 Å². The monoisotopic (exact) mass is 294 g/mol. The molecule has 0 spiro atoms. The number of aromatic nitrogens is 1. The largest absolute Gasteiger partial charge is 0.339 e. The van der Waals surface area contributed by atoms with Crippen molar-refractivity contribution in [2.24, 2.45) is 0 Å². The van der Waals surface area contributed by atoms with E-state index in [1.54, 1.807) is 0 Å². The Balaban J connectivity index is 1.81. The molecule has 19 heavy (non-hydrogen) atoms. The lowest BCUT2D eigenvalue weighted by Gasteiger charge is -2.26. The lowest BCUT2D eigenvalue weighted by atomic mass is 10.2. The molecule has 1 saturated heterocycles. The van der Waals surface area contributed by atoms with E-state index < -0.39 is 0 Å². The lowest BCUT2D eigenvalue weighted by molar-refractivity contribution is -0.131. The van der Waals surface area contributed by atoms with Crippen molar-refractivity contribution in [3.63, 3.8) is 0 Å². The fraction of sp³-hybridized carbons (Fsp3) is 0.357. The van der Waals surface area contributed by atoms with Gasteiger partial charge in [-0.3, -0.25) is 4.79 Å². The number of carbonyl (C=O) groups excluding carboxylic acids is 1. The van der Waals surface area contributed by atoms with E-state index in [0.29, 0.717) is 6.54 Å². The number of thioether (sulfide) groups is 1. The minimum absolute atomic E-state index is 0.192. The summed E-state index contributed by atoms with van der Waals surface area (Å²) in [6.45, 7) is 2.13. The summed E-state index contributed by atoms with van der Waals surface area (Å²) >= 11 is 8.05. The van der Waals surface area contributed by atoms with Gasteiger partial charge >= 0.3 is 0 Å². The zero-order valence-corrected chi connectivity index (χ0v) is 12.1. The number of hydrogen-bond acceptors (Lipinski definition) is 2. The Kier molecular flexibility index (Phi) is 3.71. The number of carbonyl (C=O) groups is 1. The lowest BCUT2D eigenvalue weighted by Crippen LogP contribution is -2.39. The molecule has 1 aromatic carbocycles. The van der Waals surface area contributed by atoms with Crippen molar-refractivity contribution < 1.29 is 4.79 Å². The van der Waals surface area contributed by atoms with E-state index in [0.717, 1.165) is 40.5 Å². The van der Waals surface area contributed by atoms with Gasteiger partial charge in [-0.1, -0.05) is 17.7 Å². The van der Waals surface area contributed by atoms with Gasteiger partial charge in [0, 0.05) is 46.7 Å². The molecule has 1 aliphatic heterocycles. The van der Waals surface area contributed by atoms with Crippen molar-refractivity contribution in [1.82, 2.24) is 9.47 Å². The molecule has 0 radical (unpaired) electrons. The molecule has 3 nitrogen and oxygen atoms in total. The predicted octanol–water partition coefficient (Wildman–Crippen LogP) is 2.87. The maximum Gasteiger partial charge on any atom is 0.242 e. The molecule has 0 unspecified atom stereocenters. The molecule has 0 saturated carbocycles. The molecule has 0 atom stereocenters. The Hall–Kier alpha value is -1.13. The van der Waals surface area contributed by atoms with Gasteiger partial charge in [0.2, 0.25) is 5.91 Å². The van der Waals surface area contributed by atoms with Crippen molar-refractivity contribution in [1.29, 1.82) is 0 Å². The van der Waals surface area contributed by atoms with Crippen LogP contribution < -0.4 is 0 Å². The molecular weight excluding hydrogens is 280 g/mol. The van der Waals surface area contributed by atoms with Gasteiger partial charge in [-0.25, -0.2) is 0 Å². The summed E-state index contributed by atoms with van der Waals surface area (Å²) in [4.78, 5) is 14.2. The van der Waals surface area contributed by atoms with E-state index in [4.69, 9.17) is 11.6 Å². The second-order valence-corrected chi connectivity index (χ2v) is 6.24. The molecule has 3 rings (SSSR count). The first-order chi connectivity index (χ1) is 9.25. The van der Waals surface area contributed by atoms with Gasteiger partial charge in [0.25, 0.3) is 0 Å². The fourth-order valence-corrected chi connectivity index (χ4v) is 3.52. The third kappa shape index (κ3) is 2.60. The third-order valence-corrected chi connectivity index (χ3v) is 4.70. The number of benzene rings is 1. The zero-order valence-electron chi connectivity index (χ0n) is 10.5. The second kappa shape index (κ2) is 5.47. The molecule has 100 valence electrons. The molecule has 1 aliphatic rings. The highest BCUT2D eigenvalue weighted by Gasteiger charge is 2.17. The summed E-state index contributed by atoms with van der Waals surface area (Å²) in [6.07, 6.45) is 1.94. The van der Waals surface area contributed by atoms with Crippen LogP contribution in [0.2, 0.25) is 5.02 Å². The van der Waals surface area contributed by atoms with Gasteiger partial charge < -0.3 is 9.47 Å². The Morgan fingerprint density at radius 2 is 2.05 bits per heavy atom. The number of rotatable bonds is 2. The Morgan fingerprint density at radius 3 is 2.84 bits per heavy atom. The second-order valence-electron chi connectivity index (χ2n) is 4.61. The summed E-state index contributed by atoms with van der Waals surface area (Å²) < 4.78 is 1.98. The fourth-order valence-electron chi connectivity index (χ4n) is 2.38. The van der Waals surface area contributed by atoms with Gasteiger partial charge in [0.1, 0.15) is 6.54 Å². The van der Waals surface area contributed by atoms with Crippen LogP contribution in [0.3, 0.4) is 0 Å². The van der Waals surface area contributed by atoms with E-state index in [1.807, 2.05) is 51.7 Å². The van der Waals surface area contributed by atoms with Crippen molar-refractivity contribution in [3.05, 3.63) is 35.5 Å². The van der Waals surface area contributed by atoms with Gasteiger partial charge in [-0.15, -0.1) is 0 Å². The first kappa shape index (κ1) is 12.9. The Bertz CT molecular complexity index is 605. The molecule has 0 bridgehead atoms. The quantitative estimate of drug-likeness (QED) is 0.851. The van der Waals surface area contributed by atoms with Crippen molar-refractivity contribution in [2.45, 2.75) is 6.54 Å². The van der Waals surface area contributed by atoms with Crippen molar-refractivity contribution in [3.8, 4) is 0 Å². The number of nitrogens with zero attached hydrogens (tertiary/aromatic N) is 2. The summed E-state index contributed by atoms with van der Waals surface area (Å²) in [7, 11) is 0. The standard InChI is InChI=1S/C14H15ClN2OS/c15-12-2-1-3-13-11(12)4-5-17(13)10-14(18)16-6-8-19-9-7-16/h1-5H,6-10H2. The molecule has 5 heteroatoms. The maximum absolute atomic E-state index is 12.3. The molecule has 1 aromatic heterocycles. The van der Waals surface area contributed by atoms with Crippen LogP contribution in [0, 0.1) is 0 Å². The van der Waals surface area contributed by atoms with Crippen molar-refractivity contribution >= 4 is 40.2 Å². The van der Waals surface area contributed by atoms with Gasteiger partial charge in [0.05, 0.1) is 0 Å². The van der Waals surface area contributed by atoms with Crippen LogP contribution in [-0.4, -0.2) is 40.0 Å². The topological polar surface area (TPSA) is 25.2 Å². The van der Waals surface area contributed by atoms with E-state index in [1.165, 1.54) is 0 Å². The van der Waals surface area contributed by atoms with Gasteiger partial charge in [0.15, 0.2) is 0 Å². The molecule has 1 fully saturated rings. The minimum Gasteiger partial charge on any atom is -0.339 e. The smallest absolute Gasteiger partial charge is 0.242 e. The molecule has 0 aliphatic carbocycles. The van der Waals surface area contributed by atoms with Gasteiger partial charge in [-0.2, -0.15) is 11.8 Å². The molecule has 1 amide bonds. The van der Waals surface area contributed by atoms with Crippen LogP contribution in [0.1, 0.15) is 0 Å². The van der Waals surface area contributed by atoms with E-state index >= 15 is 0 Å². The summed E-state index contributed by atoms with van der Waals surface area (Å²) in [6, 6.07) is 7.76. The summed E-state index contributed by atoms with van der Waals surface area (Å²) in [5, 5.41) is 1.74.